The second kappa shape index (κ2) is 6.78. The molecule has 0 aromatic heterocycles. The molecule has 0 spiro atoms. The molecule has 0 heterocycles. The molecular weight excluding hydrogens is 293 g/mol. The number of rotatable bonds is 5. The first kappa shape index (κ1) is 15.6. The number of methoxy groups -OCH3 is 2. The maximum atomic E-state index is 14.2. The van der Waals surface area contributed by atoms with Crippen molar-refractivity contribution in [3.05, 3.63) is 58.4 Å². The van der Waals surface area contributed by atoms with Crippen LogP contribution in [0.25, 0.3) is 0 Å². The quantitative estimate of drug-likeness (QED) is 0.911. The smallest absolute Gasteiger partial charge is 0.137 e. The number of hydrogen-bond acceptors (Lipinski definition) is 3. The summed E-state index contributed by atoms with van der Waals surface area (Å²) in [6.45, 7) is 0. The van der Waals surface area contributed by atoms with Gasteiger partial charge in [0.2, 0.25) is 0 Å². The van der Waals surface area contributed by atoms with Crippen molar-refractivity contribution in [2.75, 3.05) is 21.3 Å². The Morgan fingerprint density at radius 2 is 1.81 bits per heavy atom. The van der Waals surface area contributed by atoms with E-state index in [2.05, 4.69) is 5.32 Å². The predicted octanol–water partition coefficient (Wildman–Crippen LogP) is 3.81. The van der Waals surface area contributed by atoms with Gasteiger partial charge in [0.15, 0.2) is 0 Å². The molecule has 0 saturated heterocycles. The van der Waals surface area contributed by atoms with Crippen LogP contribution in [0.15, 0.2) is 36.4 Å². The first-order chi connectivity index (χ1) is 10.1. The zero-order valence-electron chi connectivity index (χ0n) is 12.1. The Bertz CT molecular complexity index is 634. The van der Waals surface area contributed by atoms with Crippen molar-refractivity contribution in [2.24, 2.45) is 0 Å². The Morgan fingerprint density at radius 1 is 1.10 bits per heavy atom. The molecule has 1 atom stereocenters. The van der Waals surface area contributed by atoms with Crippen LogP contribution in [0.4, 0.5) is 4.39 Å². The molecule has 0 aliphatic rings. The molecule has 0 saturated carbocycles. The van der Waals surface area contributed by atoms with E-state index in [1.165, 1.54) is 13.2 Å². The topological polar surface area (TPSA) is 30.5 Å². The van der Waals surface area contributed by atoms with Crippen molar-refractivity contribution in [1.29, 1.82) is 0 Å². The third-order valence-electron chi connectivity index (χ3n) is 3.32. The molecule has 0 fully saturated rings. The Hall–Kier alpha value is -1.78. The molecule has 1 unspecified atom stereocenters. The lowest BCUT2D eigenvalue weighted by molar-refractivity contribution is 0.397. The normalized spacial score (nSPS) is 12.0. The molecule has 5 heteroatoms. The van der Waals surface area contributed by atoms with E-state index < -0.39 is 0 Å². The molecule has 0 aliphatic carbocycles. The van der Waals surface area contributed by atoms with E-state index >= 15 is 0 Å². The monoisotopic (exact) mass is 309 g/mol. The van der Waals surface area contributed by atoms with Gasteiger partial charge in [-0.2, -0.15) is 0 Å². The van der Waals surface area contributed by atoms with Crippen LogP contribution in [0.5, 0.6) is 11.5 Å². The van der Waals surface area contributed by atoms with Crippen LogP contribution in [-0.4, -0.2) is 21.3 Å². The fourth-order valence-corrected chi connectivity index (χ4v) is 2.50. The third-order valence-corrected chi connectivity index (χ3v) is 3.63. The van der Waals surface area contributed by atoms with Crippen molar-refractivity contribution in [3.63, 3.8) is 0 Å². The van der Waals surface area contributed by atoms with Crippen LogP contribution in [0.1, 0.15) is 17.2 Å². The van der Waals surface area contributed by atoms with Gasteiger partial charge in [0.1, 0.15) is 17.3 Å². The second-order valence-corrected chi connectivity index (χ2v) is 4.88. The van der Waals surface area contributed by atoms with Crippen LogP contribution < -0.4 is 14.8 Å². The van der Waals surface area contributed by atoms with E-state index in [0.717, 1.165) is 5.56 Å². The van der Waals surface area contributed by atoms with Crippen molar-refractivity contribution >= 4 is 11.6 Å². The van der Waals surface area contributed by atoms with Gasteiger partial charge in [0.05, 0.1) is 30.8 Å². The molecular formula is C16H17ClFNO2. The van der Waals surface area contributed by atoms with Crippen LogP contribution >= 0.6 is 11.6 Å². The summed E-state index contributed by atoms with van der Waals surface area (Å²) in [4.78, 5) is 0. The lowest BCUT2D eigenvalue weighted by Crippen LogP contribution is -2.20. The summed E-state index contributed by atoms with van der Waals surface area (Å²) in [5, 5.41) is 3.61. The number of ether oxygens (including phenoxy) is 2. The van der Waals surface area contributed by atoms with Crippen LogP contribution in [0.3, 0.4) is 0 Å². The number of halogens is 2. The van der Waals surface area contributed by atoms with Gasteiger partial charge in [-0.25, -0.2) is 4.39 Å². The van der Waals surface area contributed by atoms with Crippen LogP contribution in [0.2, 0.25) is 5.02 Å². The first-order valence-corrected chi connectivity index (χ1v) is 6.83. The summed E-state index contributed by atoms with van der Waals surface area (Å²) in [5.41, 5.74) is 1.29. The summed E-state index contributed by atoms with van der Waals surface area (Å²) in [6.07, 6.45) is 0. The molecule has 0 bridgehead atoms. The van der Waals surface area contributed by atoms with E-state index in [0.29, 0.717) is 22.1 Å². The van der Waals surface area contributed by atoms with Crippen molar-refractivity contribution in [1.82, 2.24) is 5.32 Å². The highest BCUT2D eigenvalue weighted by molar-refractivity contribution is 6.32. The fourth-order valence-electron chi connectivity index (χ4n) is 2.31. The molecule has 2 rings (SSSR count). The van der Waals surface area contributed by atoms with E-state index in [4.69, 9.17) is 21.1 Å². The second-order valence-electron chi connectivity index (χ2n) is 4.47. The number of hydrogen-bond donors (Lipinski definition) is 1. The van der Waals surface area contributed by atoms with Crippen molar-refractivity contribution in [3.8, 4) is 11.5 Å². The van der Waals surface area contributed by atoms with Crippen LogP contribution in [-0.2, 0) is 0 Å². The molecule has 0 amide bonds. The average molecular weight is 310 g/mol. The number of benzene rings is 2. The first-order valence-electron chi connectivity index (χ1n) is 6.45. The van der Waals surface area contributed by atoms with E-state index in [1.54, 1.807) is 38.4 Å². The lowest BCUT2D eigenvalue weighted by Gasteiger charge is -2.21. The zero-order valence-corrected chi connectivity index (χ0v) is 12.9. The summed E-state index contributed by atoms with van der Waals surface area (Å²) in [7, 11) is 4.83. The standard InChI is InChI=1S/C16H17ClFNO2/c1-19-16(10-7-8-11(17)14(9-10)21-3)15-12(18)5-4-6-13(15)20-2/h4-9,16,19H,1-3H3. The minimum absolute atomic E-state index is 0.331. The van der Waals surface area contributed by atoms with Gasteiger partial charge in [-0.1, -0.05) is 23.7 Å². The van der Waals surface area contributed by atoms with Gasteiger partial charge >= 0.3 is 0 Å². The average Bonchev–Trinajstić information content (AvgIpc) is 2.50. The van der Waals surface area contributed by atoms with E-state index in [9.17, 15) is 4.39 Å². The van der Waals surface area contributed by atoms with Crippen molar-refractivity contribution in [2.45, 2.75) is 6.04 Å². The summed E-state index contributed by atoms with van der Waals surface area (Å²) in [5.74, 6) is 0.704. The molecule has 2 aromatic carbocycles. The van der Waals surface area contributed by atoms with Gasteiger partial charge in [-0.3, -0.25) is 0 Å². The van der Waals surface area contributed by atoms with Gasteiger partial charge in [-0.05, 0) is 36.9 Å². The fraction of sp³-hybridized carbons (Fsp3) is 0.250. The molecule has 21 heavy (non-hydrogen) atoms. The van der Waals surface area contributed by atoms with Gasteiger partial charge < -0.3 is 14.8 Å². The largest absolute Gasteiger partial charge is 0.496 e. The lowest BCUT2D eigenvalue weighted by atomic mass is 9.97. The maximum absolute atomic E-state index is 14.2. The van der Waals surface area contributed by atoms with E-state index in [1.807, 2.05) is 6.07 Å². The highest BCUT2D eigenvalue weighted by Crippen LogP contribution is 2.35. The minimum atomic E-state index is -0.368. The third kappa shape index (κ3) is 3.12. The van der Waals surface area contributed by atoms with Gasteiger partial charge in [0, 0.05) is 0 Å². The molecule has 2 aromatic rings. The Kier molecular flexibility index (Phi) is 5.04. The minimum Gasteiger partial charge on any atom is -0.496 e. The highest BCUT2D eigenvalue weighted by Gasteiger charge is 2.21. The molecule has 0 radical (unpaired) electrons. The zero-order chi connectivity index (χ0) is 15.4. The summed E-state index contributed by atoms with van der Waals surface area (Å²) >= 11 is 6.04. The Morgan fingerprint density at radius 3 is 2.43 bits per heavy atom. The summed E-state index contributed by atoms with van der Waals surface area (Å²) in [6, 6.07) is 9.74. The Balaban J connectivity index is 2.55. The van der Waals surface area contributed by atoms with E-state index in [-0.39, 0.29) is 11.9 Å². The SMILES string of the molecule is CNC(c1ccc(Cl)c(OC)c1)c1c(F)cccc1OC. The Labute approximate surface area is 128 Å². The predicted molar refractivity (Wildman–Crippen MR) is 81.9 cm³/mol. The van der Waals surface area contributed by atoms with Gasteiger partial charge in [0.25, 0.3) is 0 Å². The summed E-state index contributed by atoms with van der Waals surface area (Å²) < 4.78 is 24.7. The number of nitrogens with one attached hydrogen (secondary N) is 1. The molecule has 3 nitrogen and oxygen atoms in total. The maximum Gasteiger partial charge on any atom is 0.137 e. The van der Waals surface area contributed by atoms with Crippen molar-refractivity contribution < 1.29 is 13.9 Å². The molecule has 0 aliphatic heterocycles. The molecule has 112 valence electrons. The van der Waals surface area contributed by atoms with Gasteiger partial charge in [-0.15, -0.1) is 0 Å². The van der Waals surface area contributed by atoms with Crippen LogP contribution in [0, 0.1) is 5.82 Å². The molecule has 1 N–H and O–H groups in total. The highest BCUT2D eigenvalue weighted by atomic mass is 35.5.